The van der Waals surface area contributed by atoms with Gasteiger partial charge in [-0.15, -0.1) is 0 Å². The number of carbonyl (C=O) groups is 2. The number of anilines is 1. The van der Waals surface area contributed by atoms with Crippen LogP contribution in [0.15, 0.2) is 30.3 Å². The van der Waals surface area contributed by atoms with Crippen LogP contribution in [-0.2, 0) is 24.4 Å². The number of para-hydroxylation sites is 1. The zero-order chi connectivity index (χ0) is 18.8. The molecule has 2 aliphatic rings. The quantitative estimate of drug-likeness (QED) is 0.872. The second-order valence-electron chi connectivity index (χ2n) is 7.36. The van der Waals surface area contributed by atoms with Crippen molar-refractivity contribution >= 4 is 17.6 Å². The van der Waals surface area contributed by atoms with Crippen LogP contribution in [0.25, 0.3) is 0 Å². The molecule has 4 rings (SSSR count). The second-order valence-corrected chi connectivity index (χ2v) is 7.36. The maximum absolute atomic E-state index is 12.6. The van der Waals surface area contributed by atoms with Gasteiger partial charge < -0.3 is 15.5 Å². The van der Waals surface area contributed by atoms with Gasteiger partial charge in [-0.25, -0.2) is 4.79 Å². The molecule has 0 bridgehead atoms. The minimum absolute atomic E-state index is 0.100. The van der Waals surface area contributed by atoms with Crippen molar-refractivity contribution in [2.75, 3.05) is 11.9 Å². The minimum atomic E-state index is -0.100. The first-order chi connectivity index (χ1) is 13.1. The molecule has 1 fully saturated rings. The van der Waals surface area contributed by atoms with Gasteiger partial charge in [0, 0.05) is 18.2 Å². The van der Waals surface area contributed by atoms with E-state index < -0.39 is 0 Å². The molecule has 1 aliphatic heterocycles. The maximum atomic E-state index is 12.6. The van der Waals surface area contributed by atoms with Crippen molar-refractivity contribution in [3.63, 3.8) is 0 Å². The average molecular weight is 367 g/mol. The molecule has 1 aromatic carbocycles. The van der Waals surface area contributed by atoms with Crippen LogP contribution in [0.1, 0.15) is 36.2 Å². The summed E-state index contributed by atoms with van der Waals surface area (Å²) in [6.07, 6.45) is 3.14. The molecule has 7 heteroatoms. The zero-order valence-electron chi connectivity index (χ0n) is 15.6. The van der Waals surface area contributed by atoms with Gasteiger partial charge in [0.2, 0.25) is 5.91 Å². The van der Waals surface area contributed by atoms with Gasteiger partial charge in [0.25, 0.3) is 0 Å². The van der Waals surface area contributed by atoms with Gasteiger partial charge in [0.05, 0.1) is 31.0 Å². The van der Waals surface area contributed by atoms with Crippen molar-refractivity contribution < 1.29 is 9.59 Å². The molecule has 0 saturated heterocycles. The molecule has 0 unspecified atom stereocenters. The van der Waals surface area contributed by atoms with E-state index in [4.69, 9.17) is 0 Å². The number of nitrogens with one attached hydrogen (secondary N) is 2. The molecular weight excluding hydrogens is 342 g/mol. The summed E-state index contributed by atoms with van der Waals surface area (Å²) in [5.41, 5.74) is 3.71. The number of hydrogen-bond donors (Lipinski definition) is 2. The number of aryl methyl sites for hydroxylation is 1. The topological polar surface area (TPSA) is 79.3 Å². The Morgan fingerprint density at radius 3 is 2.78 bits per heavy atom. The van der Waals surface area contributed by atoms with E-state index in [1.165, 1.54) is 0 Å². The van der Waals surface area contributed by atoms with Crippen LogP contribution in [0.3, 0.4) is 0 Å². The number of nitrogens with zero attached hydrogens (tertiary/aromatic N) is 3. The number of rotatable bonds is 4. The summed E-state index contributed by atoms with van der Waals surface area (Å²) < 4.78 is 1.93. The summed E-state index contributed by atoms with van der Waals surface area (Å²) in [7, 11) is 0. The standard InChI is InChI=1S/C20H25N5O2/c1-14-5-2-3-8-18(14)22-20(27)24-9-10-25-17(13-24)11-16(23-25)12-21-19(26)15-6-4-7-15/h2-3,5,8,11,15H,4,6-7,9-10,12-13H2,1H3,(H,21,26)(H,22,27). The normalized spacial score (nSPS) is 16.4. The molecule has 1 aliphatic carbocycles. The van der Waals surface area contributed by atoms with E-state index >= 15 is 0 Å². The Kier molecular flexibility index (Phi) is 4.83. The van der Waals surface area contributed by atoms with Gasteiger partial charge in [0.1, 0.15) is 0 Å². The van der Waals surface area contributed by atoms with Crippen LogP contribution in [0, 0.1) is 12.8 Å². The Morgan fingerprint density at radius 2 is 2.04 bits per heavy atom. The number of carbonyl (C=O) groups excluding carboxylic acids is 2. The third-order valence-corrected chi connectivity index (χ3v) is 5.44. The summed E-state index contributed by atoms with van der Waals surface area (Å²) in [6.45, 7) is 4.21. The molecule has 1 saturated carbocycles. The van der Waals surface area contributed by atoms with Gasteiger partial charge in [-0.05, 0) is 37.5 Å². The van der Waals surface area contributed by atoms with Crippen LogP contribution < -0.4 is 10.6 Å². The molecule has 2 aromatic rings. The first-order valence-corrected chi connectivity index (χ1v) is 9.55. The second kappa shape index (κ2) is 7.42. The summed E-state index contributed by atoms with van der Waals surface area (Å²) in [5, 5.41) is 10.5. The van der Waals surface area contributed by atoms with Gasteiger partial charge in [0.15, 0.2) is 0 Å². The van der Waals surface area contributed by atoms with Gasteiger partial charge in [-0.2, -0.15) is 5.10 Å². The third kappa shape index (κ3) is 3.82. The molecule has 2 heterocycles. The Bertz CT molecular complexity index is 856. The highest BCUT2D eigenvalue weighted by Crippen LogP contribution is 2.26. The third-order valence-electron chi connectivity index (χ3n) is 5.44. The van der Waals surface area contributed by atoms with Crippen molar-refractivity contribution in [3.05, 3.63) is 47.3 Å². The van der Waals surface area contributed by atoms with Crippen LogP contribution >= 0.6 is 0 Å². The van der Waals surface area contributed by atoms with Crippen LogP contribution in [0.2, 0.25) is 0 Å². The van der Waals surface area contributed by atoms with E-state index in [-0.39, 0.29) is 17.9 Å². The zero-order valence-corrected chi connectivity index (χ0v) is 15.6. The lowest BCUT2D eigenvalue weighted by molar-refractivity contribution is -0.127. The Labute approximate surface area is 158 Å². The highest BCUT2D eigenvalue weighted by molar-refractivity contribution is 5.90. The Balaban J connectivity index is 1.35. The lowest BCUT2D eigenvalue weighted by atomic mass is 9.85. The lowest BCUT2D eigenvalue weighted by Crippen LogP contribution is -2.41. The number of amides is 3. The average Bonchev–Trinajstić information content (AvgIpc) is 3.02. The molecule has 2 N–H and O–H groups in total. The van der Waals surface area contributed by atoms with E-state index in [0.717, 1.165) is 41.9 Å². The molecule has 0 atom stereocenters. The van der Waals surface area contributed by atoms with Crippen LogP contribution in [0.5, 0.6) is 0 Å². The van der Waals surface area contributed by atoms with Gasteiger partial charge >= 0.3 is 6.03 Å². The van der Waals surface area contributed by atoms with Gasteiger partial charge in [-0.3, -0.25) is 9.48 Å². The van der Waals surface area contributed by atoms with E-state index in [1.54, 1.807) is 4.90 Å². The lowest BCUT2D eigenvalue weighted by Gasteiger charge is -2.28. The SMILES string of the molecule is Cc1ccccc1NC(=O)N1CCn2nc(CNC(=O)C3CCC3)cc2C1. The Hall–Kier alpha value is -2.83. The summed E-state index contributed by atoms with van der Waals surface area (Å²) >= 11 is 0. The van der Waals surface area contributed by atoms with Crippen molar-refractivity contribution in [2.24, 2.45) is 5.92 Å². The molecule has 7 nitrogen and oxygen atoms in total. The van der Waals surface area contributed by atoms with E-state index in [9.17, 15) is 9.59 Å². The highest BCUT2D eigenvalue weighted by Gasteiger charge is 2.26. The van der Waals surface area contributed by atoms with E-state index in [2.05, 4.69) is 15.7 Å². The van der Waals surface area contributed by atoms with E-state index in [1.807, 2.05) is 41.9 Å². The van der Waals surface area contributed by atoms with Crippen molar-refractivity contribution in [1.82, 2.24) is 20.0 Å². The number of aromatic nitrogens is 2. The van der Waals surface area contributed by atoms with Crippen molar-refractivity contribution in [2.45, 2.75) is 45.8 Å². The molecule has 27 heavy (non-hydrogen) atoms. The fraction of sp³-hybridized carbons (Fsp3) is 0.450. The number of hydrogen-bond acceptors (Lipinski definition) is 3. The number of urea groups is 1. The molecule has 142 valence electrons. The monoisotopic (exact) mass is 367 g/mol. The smallest absolute Gasteiger partial charge is 0.322 e. The predicted octanol–water partition coefficient (Wildman–Crippen LogP) is 2.66. The summed E-state index contributed by atoms with van der Waals surface area (Å²) in [4.78, 5) is 26.4. The van der Waals surface area contributed by atoms with Crippen LogP contribution in [0.4, 0.5) is 10.5 Å². The van der Waals surface area contributed by atoms with E-state index in [0.29, 0.717) is 26.2 Å². The predicted molar refractivity (Wildman–Crippen MR) is 102 cm³/mol. The first kappa shape index (κ1) is 17.6. The minimum Gasteiger partial charge on any atom is -0.350 e. The van der Waals surface area contributed by atoms with Crippen LogP contribution in [-0.4, -0.2) is 33.2 Å². The molecule has 3 amide bonds. The molecule has 0 spiro atoms. The number of fused-ring (bicyclic) bond motifs is 1. The van der Waals surface area contributed by atoms with Crippen molar-refractivity contribution in [3.8, 4) is 0 Å². The fourth-order valence-corrected chi connectivity index (χ4v) is 3.49. The van der Waals surface area contributed by atoms with Crippen molar-refractivity contribution in [1.29, 1.82) is 0 Å². The summed E-state index contributed by atoms with van der Waals surface area (Å²) in [6, 6.07) is 9.63. The molecule has 0 radical (unpaired) electrons. The largest absolute Gasteiger partial charge is 0.350 e. The first-order valence-electron chi connectivity index (χ1n) is 9.55. The molecular formula is C20H25N5O2. The maximum Gasteiger partial charge on any atom is 0.322 e. The Morgan fingerprint density at radius 1 is 1.22 bits per heavy atom. The fourth-order valence-electron chi connectivity index (χ4n) is 3.49. The highest BCUT2D eigenvalue weighted by atomic mass is 16.2. The summed E-state index contributed by atoms with van der Waals surface area (Å²) in [5.74, 6) is 0.314. The molecule has 1 aromatic heterocycles. The van der Waals surface area contributed by atoms with Gasteiger partial charge in [-0.1, -0.05) is 24.6 Å². The number of benzene rings is 1.